The van der Waals surface area contributed by atoms with E-state index in [4.69, 9.17) is 9.78 Å². The minimum Gasteiger partial charge on any atom is -0.238 e. The summed E-state index contributed by atoms with van der Waals surface area (Å²) in [4.78, 5) is 14.4. The molecule has 2 unspecified atom stereocenters. The van der Waals surface area contributed by atoms with Crippen LogP contribution in [0.5, 0.6) is 0 Å². The van der Waals surface area contributed by atoms with Crippen LogP contribution in [0.25, 0.3) is 0 Å². The molecule has 0 bridgehead atoms. The molecular formula is C25H25NO2. The molecule has 3 aromatic carbocycles. The predicted octanol–water partition coefficient (Wildman–Crippen LogP) is 5.60. The third kappa shape index (κ3) is 3.06. The van der Waals surface area contributed by atoms with Gasteiger partial charge in [-0.1, -0.05) is 97.4 Å². The standard InChI is InChI=1S/C25H25NO2/c1-4-11-20(12-5-1)19-26-23(21-13-6-2-7-14-21)27-28-24(26)25(17-10-18-25)22-15-8-3-9-16-22/h1-9,11-16,23-24H,10,17-19H2. The van der Waals surface area contributed by atoms with Gasteiger partial charge in [-0.2, -0.15) is 0 Å². The van der Waals surface area contributed by atoms with Crippen LogP contribution in [0.2, 0.25) is 0 Å². The largest absolute Gasteiger partial charge is 0.238 e. The van der Waals surface area contributed by atoms with E-state index in [1.165, 1.54) is 17.5 Å². The van der Waals surface area contributed by atoms with Gasteiger partial charge in [0.05, 0.1) is 0 Å². The minimum atomic E-state index is -0.201. The lowest BCUT2D eigenvalue weighted by Crippen LogP contribution is -2.52. The molecule has 1 saturated heterocycles. The third-order valence-electron chi connectivity index (χ3n) is 6.20. The molecule has 1 aliphatic carbocycles. The lowest BCUT2D eigenvalue weighted by Gasteiger charge is -2.48. The molecule has 0 radical (unpaired) electrons. The van der Waals surface area contributed by atoms with Crippen molar-refractivity contribution in [3.8, 4) is 0 Å². The Labute approximate surface area is 166 Å². The molecule has 2 atom stereocenters. The quantitative estimate of drug-likeness (QED) is 0.545. The summed E-state index contributed by atoms with van der Waals surface area (Å²) in [6.45, 7) is 0.791. The van der Waals surface area contributed by atoms with Crippen molar-refractivity contribution >= 4 is 0 Å². The van der Waals surface area contributed by atoms with Crippen LogP contribution in [0.15, 0.2) is 91.0 Å². The average molecular weight is 371 g/mol. The Morgan fingerprint density at radius 1 is 0.750 bits per heavy atom. The van der Waals surface area contributed by atoms with Gasteiger partial charge in [-0.3, -0.25) is 0 Å². The second-order valence-corrected chi connectivity index (χ2v) is 7.84. The summed E-state index contributed by atoms with van der Waals surface area (Å²) >= 11 is 0. The Bertz CT molecular complexity index is 894. The van der Waals surface area contributed by atoms with Crippen molar-refractivity contribution in [2.24, 2.45) is 0 Å². The molecule has 5 rings (SSSR count). The summed E-state index contributed by atoms with van der Waals surface area (Å²) in [6.07, 6.45) is 3.17. The van der Waals surface area contributed by atoms with Crippen molar-refractivity contribution in [3.05, 3.63) is 108 Å². The first-order chi connectivity index (χ1) is 13.9. The molecule has 0 N–H and O–H groups in total. The molecule has 2 fully saturated rings. The topological polar surface area (TPSA) is 21.7 Å². The van der Waals surface area contributed by atoms with Gasteiger partial charge in [-0.25, -0.2) is 14.7 Å². The highest BCUT2D eigenvalue weighted by Gasteiger charge is 2.54. The molecule has 1 heterocycles. The smallest absolute Gasteiger partial charge is 0.174 e. The van der Waals surface area contributed by atoms with Crippen molar-refractivity contribution in [1.29, 1.82) is 0 Å². The highest BCUT2D eigenvalue weighted by molar-refractivity contribution is 5.31. The van der Waals surface area contributed by atoms with Crippen LogP contribution in [0.3, 0.4) is 0 Å². The number of nitrogens with zero attached hydrogens (tertiary/aromatic N) is 1. The summed E-state index contributed by atoms with van der Waals surface area (Å²) in [5, 5.41) is 0. The fourth-order valence-corrected chi connectivity index (χ4v) is 4.58. The molecule has 2 aliphatic rings. The molecule has 28 heavy (non-hydrogen) atoms. The van der Waals surface area contributed by atoms with Gasteiger partial charge in [-0.15, -0.1) is 0 Å². The van der Waals surface area contributed by atoms with Gasteiger partial charge in [0, 0.05) is 12.0 Å². The fourth-order valence-electron chi connectivity index (χ4n) is 4.58. The van der Waals surface area contributed by atoms with E-state index in [2.05, 4.69) is 89.8 Å². The Balaban J connectivity index is 1.53. The normalized spacial score (nSPS) is 24.0. The molecule has 0 spiro atoms. The first-order valence-corrected chi connectivity index (χ1v) is 10.1. The van der Waals surface area contributed by atoms with Crippen LogP contribution < -0.4 is 0 Å². The molecule has 0 amide bonds. The SMILES string of the molecule is c1ccc(CN2C(c3ccccc3)OOC2C2(c3ccccc3)CCC2)cc1. The lowest BCUT2D eigenvalue weighted by atomic mass is 9.62. The van der Waals surface area contributed by atoms with Crippen molar-refractivity contribution in [2.75, 3.05) is 0 Å². The average Bonchev–Trinajstić information content (AvgIpc) is 3.13. The number of rotatable bonds is 5. The Morgan fingerprint density at radius 3 is 1.96 bits per heavy atom. The fraction of sp³-hybridized carbons (Fsp3) is 0.280. The second kappa shape index (κ2) is 7.51. The lowest BCUT2D eigenvalue weighted by molar-refractivity contribution is -0.312. The number of benzene rings is 3. The van der Waals surface area contributed by atoms with Crippen LogP contribution in [0, 0.1) is 0 Å². The molecular weight excluding hydrogens is 346 g/mol. The molecule has 1 aliphatic heterocycles. The second-order valence-electron chi connectivity index (χ2n) is 7.84. The van der Waals surface area contributed by atoms with Crippen LogP contribution in [-0.4, -0.2) is 11.1 Å². The van der Waals surface area contributed by atoms with Crippen molar-refractivity contribution in [3.63, 3.8) is 0 Å². The van der Waals surface area contributed by atoms with Crippen LogP contribution in [0.1, 0.15) is 42.2 Å². The first kappa shape index (κ1) is 17.6. The van der Waals surface area contributed by atoms with Crippen LogP contribution in [0.4, 0.5) is 0 Å². The third-order valence-corrected chi connectivity index (χ3v) is 6.20. The van der Waals surface area contributed by atoms with Gasteiger partial charge < -0.3 is 0 Å². The molecule has 3 nitrogen and oxygen atoms in total. The molecule has 0 aromatic heterocycles. The zero-order valence-electron chi connectivity index (χ0n) is 15.9. The molecule has 1 saturated carbocycles. The van der Waals surface area contributed by atoms with Gasteiger partial charge in [-0.05, 0) is 29.5 Å². The van der Waals surface area contributed by atoms with E-state index in [9.17, 15) is 0 Å². The maximum absolute atomic E-state index is 6.09. The van der Waals surface area contributed by atoms with Crippen molar-refractivity contribution < 1.29 is 9.78 Å². The van der Waals surface area contributed by atoms with Gasteiger partial charge in [0.2, 0.25) is 0 Å². The Morgan fingerprint density at radius 2 is 1.36 bits per heavy atom. The monoisotopic (exact) mass is 371 g/mol. The molecule has 142 valence electrons. The van der Waals surface area contributed by atoms with Crippen LogP contribution in [-0.2, 0) is 21.7 Å². The number of hydrogen-bond donors (Lipinski definition) is 0. The van der Waals surface area contributed by atoms with E-state index in [0.29, 0.717) is 0 Å². The number of hydrogen-bond acceptors (Lipinski definition) is 3. The van der Waals surface area contributed by atoms with E-state index < -0.39 is 0 Å². The van der Waals surface area contributed by atoms with Gasteiger partial charge in [0.25, 0.3) is 0 Å². The maximum Gasteiger partial charge on any atom is 0.174 e. The minimum absolute atomic E-state index is 0.0143. The summed E-state index contributed by atoms with van der Waals surface area (Å²) < 4.78 is 0. The van der Waals surface area contributed by atoms with E-state index in [-0.39, 0.29) is 17.9 Å². The van der Waals surface area contributed by atoms with E-state index in [1.54, 1.807) is 0 Å². The summed E-state index contributed by atoms with van der Waals surface area (Å²) in [5.74, 6) is 0. The maximum atomic E-state index is 6.09. The van der Waals surface area contributed by atoms with E-state index >= 15 is 0 Å². The summed E-state index contributed by atoms with van der Waals surface area (Å²) in [7, 11) is 0. The van der Waals surface area contributed by atoms with Crippen molar-refractivity contribution in [1.82, 2.24) is 4.90 Å². The van der Waals surface area contributed by atoms with Gasteiger partial charge >= 0.3 is 0 Å². The van der Waals surface area contributed by atoms with E-state index in [0.717, 1.165) is 24.9 Å². The molecule has 3 aromatic rings. The first-order valence-electron chi connectivity index (χ1n) is 10.1. The van der Waals surface area contributed by atoms with Gasteiger partial charge in [0.1, 0.15) is 0 Å². The zero-order valence-corrected chi connectivity index (χ0v) is 15.9. The van der Waals surface area contributed by atoms with Gasteiger partial charge in [0.15, 0.2) is 12.5 Å². The summed E-state index contributed by atoms with van der Waals surface area (Å²) in [5.41, 5.74) is 3.73. The molecule has 3 heteroatoms. The highest BCUT2D eigenvalue weighted by Crippen LogP contribution is 2.52. The summed E-state index contributed by atoms with van der Waals surface area (Å²) in [6, 6.07) is 31.8. The predicted molar refractivity (Wildman–Crippen MR) is 109 cm³/mol. The highest BCUT2D eigenvalue weighted by atomic mass is 17.2. The van der Waals surface area contributed by atoms with Crippen molar-refractivity contribution in [2.45, 2.75) is 43.7 Å². The Hall–Kier alpha value is -2.46. The Kier molecular flexibility index (Phi) is 4.73. The van der Waals surface area contributed by atoms with E-state index in [1.807, 2.05) is 6.07 Å². The zero-order chi connectivity index (χ0) is 18.8. The van der Waals surface area contributed by atoms with Crippen LogP contribution >= 0.6 is 0 Å².